The van der Waals surface area contributed by atoms with Crippen LogP contribution in [0.25, 0.3) is 10.4 Å². The van der Waals surface area contributed by atoms with E-state index in [0.717, 1.165) is 12.0 Å². The van der Waals surface area contributed by atoms with Crippen LogP contribution in [0.1, 0.15) is 17.2 Å². The second kappa shape index (κ2) is 5.73. The summed E-state index contributed by atoms with van der Waals surface area (Å²) in [6.07, 6.45) is 0.731. The zero-order chi connectivity index (χ0) is 11.9. The molecule has 1 atom stereocenters. The van der Waals surface area contributed by atoms with Gasteiger partial charge in [0.05, 0.1) is 6.04 Å². The summed E-state index contributed by atoms with van der Waals surface area (Å²) in [6, 6.07) is 19.8. The maximum Gasteiger partial charge on any atom is 0.0665 e. The number of rotatable bonds is 4. The Hall–Kier alpha value is -2.25. The van der Waals surface area contributed by atoms with Crippen molar-refractivity contribution in [3.63, 3.8) is 0 Å². The van der Waals surface area contributed by atoms with Crippen LogP contribution in [0, 0.1) is 0 Å². The largest absolute Gasteiger partial charge is 0.0856 e. The van der Waals surface area contributed by atoms with Gasteiger partial charge in [0.1, 0.15) is 0 Å². The van der Waals surface area contributed by atoms with Gasteiger partial charge in [-0.3, -0.25) is 0 Å². The van der Waals surface area contributed by atoms with Crippen LogP contribution in [-0.4, -0.2) is 0 Å². The molecular formula is C14H13N3. The van der Waals surface area contributed by atoms with Gasteiger partial charge in [0.15, 0.2) is 0 Å². The minimum atomic E-state index is -0.136. The number of azide groups is 1. The Morgan fingerprint density at radius 3 is 2.12 bits per heavy atom. The smallest absolute Gasteiger partial charge is 0.0665 e. The first-order valence-electron chi connectivity index (χ1n) is 5.53. The third-order valence-corrected chi connectivity index (χ3v) is 2.65. The number of nitrogens with zero attached hydrogens (tertiary/aromatic N) is 3. The molecule has 3 nitrogen and oxygen atoms in total. The Labute approximate surface area is 100 Å². The quantitative estimate of drug-likeness (QED) is 0.422. The number of benzene rings is 2. The lowest BCUT2D eigenvalue weighted by Crippen LogP contribution is -1.99. The fourth-order valence-electron chi connectivity index (χ4n) is 1.80. The van der Waals surface area contributed by atoms with Gasteiger partial charge in [0.25, 0.3) is 0 Å². The third kappa shape index (κ3) is 3.10. The predicted molar refractivity (Wildman–Crippen MR) is 68.5 cm³/mol. The van der Waals surface area contributed by atoms with E-state index in [2.05, 4.69) is 10.0 Å². The zero-order valence-corrected chi connectivity index (χ0v) is 9.40. The molecule has 0 N–H and O–H groups in total. The predicted octanol–water partition coefficient (Wildman–Crippen LogP) is 4.28. The molecule has 0 heterocycles. The molecule has 0 radical (unpaired) electrons. The third-order valence-electron chi connectivity index (χ3n) is 2.65. The fourth-order valence-corrected chi connectivity index (χ4v) is 1.80. The molecule has 84 valence electrons. The van der Waals surface area contributed by atoms with E-state index in [-0.39, 0.29) is 6.04 Å². The molecule has 0 aliphatic heterocycles. The van der Waals surface area contributed by atoms with E-state index < -0.39 is 0 Å². The lowest BCUT2D eigenvalue weighted by Gasteiger charge is -2.11. The molecule has 0 bridgehead atoms. The second-order valence-electron chi connectivity index (χ2n) is 3.82. The molecule has 0 aromatic heterocycles. The van der Waals surface area contributed by atoms with E-state index in [1.54, 1.807) is 0 Å². The second-order valence-corrected chi connectivity index (χ2v) is 3.82. The summed E-state index contributed by atoms with van der Waals surface area (Å²) in [5.74, 6) is 0. The van der Waals surface area contributed by atoms with Crippen molar-refractivity contribution in [1.82, 2.24) is 0 Å². The van der Waals surface area contributed by atoms with Crippen LogP contribution in [0.3, 0.4) is 0 Å². The standard InChI is InChI=1S/C14H13N3/c15-17-16-14(13-9-5-2-6-10-13)11-12-7-3-1-4-8-12/h1-10,14H,11H2. The zero-order valence-electron chi connectivity index (χ0n) is 9.40. The minimum Gasteiger partial charge on any atom is -0.0856 e. The number of hydrogen-bond donors (Lipinski definition) is 0. The number of hydrogen-bond acceptors (Lipinski definition) is 1. The van der Waals surface area contributed by atoms with Gasteiger partial charge in [0.2, 0.25) is 0 Å². The molecule has 0 saturated carbocycles. The van der Waals surface area contributed by atoms with Gasteiger partial charge < -0.3 is 0 Å². The van der Waals surface area contributed by atoms with Crippen LogP contribution in [-0.2, 0) is 6.42 Å². The summed E-state index contributed by atoms with van der Waals surface area (Å²) in [7, 11) is 0. The van der Waals surface area contributed by atoms with Crippen molar-refractivity contribution in [3.05, 3.63) is 82.2 Å². The van der Waals surface area contributed by atoms with E-state index in [1.807, 2.05) is 60.7 Å². The van der Waals surface area contributed by atoms with Crippen LogP contribution >= 0.6 is 0 Å². The first-order valence-corrected chi connectivity index (χ1v) is 5.53. The average Bonchev–Trinajstić information content (AvgIpc) is 2.40. The molecule has 0 fully saturated rings. The van der Waals surface area contributed by atoms with Crippen LogP contribution in [0.4, 0.5) is 0 Å². The van der Waals surface area contributed by atoms with Crippen molar-refractivity contribution in [2.45, 2.75) is 12.5 Å². The molecule has 1 unspecified atom stereocenters. The van der Waals surface area contributed by atoms with E-state index in [4.69, 9.17) is 5.53 Å². The van der Waals surface area contributed by atoms with Crippen molar-refractivity contribution in [3.8, 4) is 0 Å². The van der Waals surface area contributed by atoms with Crippen molar-refractivity contribution < 1.29 is 0 Å². The molecular weight excluding hydrogens is 210 g/mol. The van der Waals surface area contributed by atoms with Gasteiger partial charge >= 0.3 is 0 Å². The lowest BCUT2D eigenvalue weighted by molar-refractivity contribution is 0.715. The maximum absolute atomic E-state index is 8.63. The summed E-state index contributed by atoms with van der Waals surface area (Å²) in [6.45, 7) is 0. The summed E-state index contributed by atoms with van der Waals surface area (Å²) in [5, 5.41) is 3.87. The Morgan fingerprint density at radius 1 is 0.941 bits per heavy atom. The summed E-state index contributed by atoms with van der Waals surface area (Å²) in [5.41, 5.74) is 10.9. The Balaban J connectivity index is 2.22. The highest BCUT2D eigenvalue weighted by atomic mass is 15.1. The van der Waals surface area contributed by atoms with Gasteiger partial charge in [-0.2, -0.15) is 0 Å². The Kier molecular flexibility index (Phi) is 3.79. The molecule has 0 aliphatic rings. The first kappa shape index (κ1) is 11.2. The van der Waals surface area contributed by atoms with E-state index in [9.17, 15) is 0 Å². The maximum atomic E-state index is 8.63. The van der Waals surface area contributed by atoms with Crippen LogP contribution in [0.15, 0.2) is 65.8 Å². The molecule has 0 spiro atoms. The Morgan fingerprint density at radius 2 is 1.53 bits per heavy atom. The van der Waals surface area contributed by atoms with Crippen molar-refractivity contribution in [2.24, 2.45) is 5.11 Å². The van der Waals surface area contributed by atoms with Crippen molar-refractivity contribution in [1.29, 1.82) is 0 Å². The highest BCUT2D eigenvalue weighted by molar-refractivity contribution is 5.23. The highest BCUT2D eigenvalue weighted by Crippen LogP contribution is 2.22. The van der Waals surface area contributed by atoms with Crippen molar-refractivity contribution in [2.75, 3.05) is 0 Å². The molecule has 2 aromatic carbocycles. The Bertz CT molecular complexity index is 502. The molecule has 2 aromatic rings. The SMILES string of the molecule is [N-]=[N+]=NC(Cc1ccccc1)c1ccccc1. The summed E-state index contributed by atoms with van der Waals surface area (Å²) in [4.78, 5) is 2.93. The average molecular weight is 223 g/mol. The van der Waals surface area contributed by atoms with Gasteiger partial charge in [-0.25, -0.2) is 0 Å². The summed E-state index contributed by atoms with van der Waals surface area (Å²) < 4.78 is 0. The topological polar surface area (TPSA) is 48.8 Å². The molecule has 17 heavy (non-hydrogen) atoms. The van der Waals surface area contributed by atoms with E-state index >= 15 is 0 Å². The van der Waals surface area contributed by atoms with Crippen LogP contribution in [0.5, 0.6) is 0 Å². The lowest BCUT2D eigenvalue weighted by atomic mass is 10.00. The van der Waals surface area contributed by atoms with Gasteiger partial charge in [-0.15, -0.1) is 0 Å². The first-order chi connectivity index (χ1) is 8.40. The highest BCUT2D eigenvalue weighted by Gasteiger charge is 2.09. The van der Waals surface area contributed by atoms with Gasteiger partial charge in [-0.05, 0) is 23.1 Å². The monoisotopic (exact) mass is 223 g/mol. The molecule has 3 heteroatoms. The van der Waals surface area contributed by atoms with E-state index in [0.29, 0.717) is 0 Å². The van der Waals surface area contributed by atoms with Crippen LogP contribution < -0.4 is 0 Å². The van der Waals surface area contributed by atoms with Gasteiger partial charge in [0, 0.05) is 4.91 Å². The molecule has 0 aliphatic carbocycles. The van der Waals surface area contributed by atoms with Crippen LogP contribution in [0.2, 0.25) is 0 Å². The van der Waals surface area contributed by atoms with E-state index in [1.165, 1.54) is 5.56 Å². The normalized spacial score (nSPS) is 11.5. The molecule has 0 saturated heterocycles. The fraction of sp³-hybridized carbons (Fsp3) is 0.143. The summed E-state index contributed by atoms with van der Waals surface area (Å²) >= 11 is 0. The minimum absolute atomic E-state index is 0.136. The van der Waals surface area contributed by atoms with Gasteiger partial charge in [-0.1, -0.05) is 65.8 Å². The molecule has 2 rings (SSSR count). The molecule has 0 amide bonds. The van der Waals surface area contributed by atoms with Crippen molar-refractivity contribution >= 4 is 0 Å².